The second kappa shape index (κ2) is 6.16. The molecule has 6 nitrogen and oxygen atoms in total. The first kappa shape index (κ1) is 14.0. The molecule has 19 heavy (non-hydrogen) atoms. The van der Waals surface area contributed by atoms with E-state index in [0.29, 0.717) is 5.82 Å². The van der Waals surface area contributed by atoms with Gasteiger partial charge >= 0.3 is 0 Å². The first-order chi connectivity index (χ1) is 9.10. The highest BCUT2D eigenvalue weighted by molar-refractivity contribution is 5.47. The van der Waals surface area contributed by atoms with Crippen LogP contribution in [0.3, 0.4) is 0 Å². The fourth-order valence-corrected chi connectivity index (χ4v) is 2.20. The van der Waals surface area contributed by atoms with Crippen molar-refractivity contribution >= 4 is 11.6 Å². The zero-order valence-electron chi connectivity index (χ0n) is 11.8. The summed E-state index contributed by atoms with van der Waals surface area (Å²) in [6.45, 7) is 7.09. The van der Waals surface area contributed by atoms with Gasteiger partial charge in [-0.3, -0.25) is 0 Å². The molecule has 0 radical (unpaired) electrons. The molecule has 1 aliphatic rings. The minimum atomic E-state index is 0.225. The molecule has 2 heterocycles. The maximum atomic E-state index is 5.67. The average molecular weight is 265 g/mol. The molecule has 0 spiro atoms. The van der Waals surface area contributed by atoms with Crippen molar-refractivity contribution in [2.75, 3.05) is 17.3 Å². The number of anilines is 2. The van der Waals surface area contributed by atoms with Gasteiger partial charge < -0.3 is 15.5 Å². The smallest absolute Gasteiger partial charge is 0.145 e. The van der Waals surface area contributed by atoms with Crippen LogP contribution in [-0.4, -0.2) is 28.7 Å². The molecule has 4 N–H and O–H groups in total. The van der Waals surface area contributed by atoms with E-state index in [1.54, 1.807) is 0 Å². The molecule has 2 unspecified atom stereocenters. The number of hydrogen-bond donors (Lipinski definition) is 3. The third-order valence-electron chi connectivity index (χ3n) is 3.31. The Morgan fingerprint density at radius 2 is 2.05 bits per heavy atom. The van der Waals surface area contributed by atoms with Crippen molar-refractivity contribution in [1.82, 2.24) is 9.97 Å². The molecule has 1 aromatic heterocycles. The van der Waals surface area contributed by atoms with E-state index < -0.39 is 0 Å². The lowest BCUT2D eigenvalue weighted by atomic mass is 10.1. The largest absolute Gasteiger partial charge is 0.376 e. The molecule has 2 atom stereocenters. The summed E-state index contributed by atoms with van der Waals surface area (Å²) >= 11 is 0. The first-order valence-electron chi connectivity index (χ1n) is 6.84. The third-order valence-corrected chi connectivity index (χ3v) is 3.31. The molecule has 0 aliphatic carbocycles. The van der Waals surface area contributed by atoms with Crippen LogP contribution in [0.5, 0.6) is 0 Å². The van der Waals surface area contributed by atoms with E-state index in [1.807, 2.05) is 6.07 Å². The van der Waals surface area contributed by atoms with Gasteiger partial charge in [0, 0.05) is 18.6 Å². The molecular weight excluding hydrogens is 242 g/mol. The number of ether oxygens (including phenoxy) is 1. The zero-order valence-corrected chi connectivity index (χ0v) is 11.8. The number of nitrogen functional groups attached to an aromatic ring is 1. The highest BCUT2D eigenvalue weighted by Crippen LogP contribution is 2.21. The van der Waals surface area contributed by atoms with Crippen LogP contribution in [0.25, 0.3) is 0 Å². The van der Waals surface area contributed by atoms with Gasteiger partial charge in [0.25, 0.3) is 0 Å². The van der Waals surface area contributed by atoms with Crippen LogP contribution in [0.2, 0.25) is 0 Å². The predicted molar refractivity (Wildman–Crippen MR) is 76.0 cm³/mol. The van der Waals surface area contributed by atoms with Crippen LogP contribution in [0.15, 0.2) is 6.07 Å². The normalized spacial score (nSPS) is 20.6. The second-order valence-corrected chi connectivity index (χ2v) is 5.28. The quantitative estimate of drug-likeness (QED) is 0.556. The van der Waals surface area contributed by atoms with E-state index in [-0.39, 0.29) is 18.1 Å². The molecule has 106 valence electrons. The van der Waals surface area contributed by atoms with Gasteiger partial charge in [-0.25, -0.2) is 15.8 Å². The molecular formula is C13H23N5O. The number of nitrogens with two attached hydrogens (primary N) is 1. The molecule has 0 saturated carbocycles. The summed E-state index contributed by atoms with van der Waals surface area (Å²) in [7, 11) is 0. The molecule has 0 bridgehead atoms. The lowest BCUT2D eigenvalue weighted by Gasteiger charge is -2.21. The Balaban J connectivity index is 2.11. The van der Waals surface area contributed by atoms with Crippen LogP contribution in [0, 0.1) is 0 Å². The van der Waals surface area contributed by atoms with Gasteiger partial charge in [0.2, 0.25) is 0 Å². The highest BCUT2D eigenvalue weighted by atomic mass is 16.5. The zero-order chi connectivity index (χ0) is 13.8. The van der Waals surface area contributed by atoms with Crippen molar-refractivity contribution in [3.63, 3.8) is 0 Å². The minimum Gasteiger partial charge on any atom is -0.376 e. The monoisotopic (exact) mass is 265 g/mol. The third kappa shape index (κ3) is 3.54. The van der Waals surface area contributed by atoms with Crippen LogP contribution in [-0.2, 0) is 4.74 Å². The lowest BCUT2D eigenvalue weighted by Crippen LogP contribution is -2.30. The predicted octanol–water partition coefficient (Wildman–Crippen LogP) is 1.86. The van der Waals surface area contributed by atoms with Crippen LogP contribution in [0.1, 0.15) is 45.4 Å². The Hall–Kier alpha value is -1.40. The Morgan fingerprint density at radius 1 is 1.32 bits per heavy atom. The van der Waals surface area contributed by atoms with Gasteiger partial charge in [0.15, 0.2) is 0 Å². The first-order valence-corrected chi connectivity index (χ1v) is 6.84. The number of hydrazine groups is 1. The summed E-state index contributed by atoms with van der Waals surface area (Å²) in [5.41, 5.74) is 2.58. The van der Waals surface area contributed by atoms with Gasteiger partial charge in [0.05, 0.1) is 12.1 Å². The molecule has 1 aliphatic heterocycles. The molecule has 0 amide bonds. The second-order valence-electron chi connectivity index (χ2n) is 5.28. The van der Waals surface area contributed by atoms with Crippen LogP contribution < -0.4 is 16.6 Å². The van der Waals surface area contributed by atoms with Gasteiger partial charge in [-0.2, -0.15) is 0 Å². The van der Waals surface area contributed by atoms with Crippen molar-refractivity contribution < 1.29 is 4.74 Å². The van der Waals surface area contributed by atoms with Gasteiger partial charge in [-0.1, -0.05) is 13.8 Å². The molecule has 0 aromatic carbocycles. The van der Waals surface area contributed by atoms with Crippen molar-refractivity contribution in [1.29, 1.82) is 0 Å². The maximum Gasteiger partial charge on any atom is 0.145 e. The lowest BCUT2D eigenvalue weighted by molar-refractivity contribution is 0.0995. The fraction of sp³-hybridized carbons (Fsp3) is 0.692. The standard InChI is InChI=1S/C13H23N5O/c1-8(2)13-16-11(7-12(17-13)18-14)15-9(3)10-5-4-6-19-10/h7-10H,4-6,14H2,1-3H3,(H2,15,16,17,18). The highest BCUT2D eigenvalue weighted by Gasteiger charge is 2.22. The van der Waals surface area contributed by atoms with E-state index in [4.69, 9.17) is 10.6 Å². The molecule has 1 saturated heterocycles. The average Bonchev–Trinajstić information content (AvgIpc) is 2.92. The van der Waals surface area contributed by atoms with Crippen molar-refractivity contribution in [3.05, 3.63) is 11.9 Å². The van der Waals surface area contributed by atoms with Gasteiger partial charge in [0.1, 0.15) is 17.5 Å². The Labute approximate surface area is 114 Å². The number of aromatic nitrogens is 2. The van der Waals surface area contributed by atoms with Crippen molar-refractivity contribution in [2.24, 2.45) is 5.84 Å². The number of nitrogens with one attached hydrogen (secondary N) is 2. The summed E-state index contributed by atoms with van der Waals surface area (Å²) in [4.78, 5) is 8.86. The van der Waals surface area contributed by atoms with Gasteiger partial charge in [-0.05, 0) is 19.8 Å². The summed E-state index contributed by atoms with van der Waals surface area (Å²) in [5, 5.41) is 3.38. The van der Waals surface area contributed by atoms with Crippen molar-refractivity contribution in [2.45, 2.75) is 51.7 Å². The molecule has 1 aromatic rings. The Kier molecular flexibility index (Phi) is 4.55. The molecule has 2 rings (SSSR count). The van der Waals surface area contributed by atoms with Crippen LogP contribution >= 0.6 is 0 Å². The van der Waals surface area contributed by atoms with E-state index in [0.717, 1.165) is 31.1 Å². The van der Waals surface area contributed by atoms with E-state index in [2.05, 4.69) is 41.5 Å². The number of hydrogen-bond acceptors (Lipinski definition) is 6. The Morgan fingerprint density at radius 3 is 2.63 bits per heavy atom. The molecule has 6 heteroatoms. The summed E-state index contributed by atoms with van der Waals surface area (Å²) in [6, 6.07) is 2.04. The van der Waals surface area contributed by atoms with Gasteiger partial charge in [-0.15, -0.1) is 0 Å². The summed E-state index contributed by atoms with van der Waals surface area (Å²) in [6.07, 6.45) is 2.48. The number of rotatable bonds is 5. The fourth-order valence-electron chi connectivity index (χ4n) is 2.20. The maximum absolute atomic E-state index is 5.67. The van der Waals surface area contributed by atoms with E-state index in [1.165, 1.54) is 0 Å². The minimum absolute atomic E-state index is 0.225. The topological polar surface area (TPSA) is 85.1 Å². The van der Waals surface area contributed by atoms with E-state index in [9.17, 15) is 0 Å². The number of nitrogens with zero attached hydrogens (tertiary/aromatic N) is 2. The SMILES string of the molecule is CC(C)c1nc(NN)cc(NC(C)C2CCCO2)n1. The molecule has 1 fully saturated rings. The Bertz CT molecular complexity index is 417. The summed E-state index contributed by atoms with van der Waals surface area (Å²) in [5.74, 6) is 7.89. The van der Waals surface area contributed by atoms with Crippen LogP contribution in [0.4, 0.5) is 11.6 Å². The van der Waals surface area contributed by atoms with E-state index >= 15 is 0 Å². The summed E-state index contributed by atoms with van der Waals surface area (Å²) < 4.78 is 5.67. The van der Waals surface area contributed by atoms with Crippen molar-refractivity contribution in [3.8, 4) is 0 Å².